The first kappa shape index (κ1) is 14.5. The molecule has 0 amide bonds. The van der Waals surface area contributed by atoms with Gasteiger partial charge in [-0.05, 0) is 12.3 Å². The summed E-state index contributed by atoms with van der Waals surface area (Å²) in [5.41, 5.74) is 1.86. The van der Waals surface area contributed by atoms with Crippen molar-refractivity contribution < 1.29 is 35.9 Å². The van der Waals surface area contributed by atoms with Crippen molar-refractivity contribution in [2.45, 2.75) is 0 Å². The molecule has 0 aliphatic carbocycles. The van der Waals surface area contributed by atoms with E-state index in [2.05, 4.69) is 26.3 Å². The van der Waals surface area contributed by atoms with Crippen LogP contribution >= 0.6 is 0 Å². The second-order valence-corrected chi connectivity index (χ2v) is 4.21. The van der Waals surface area contributed by atoms with Gasteiger partial charge >= 0.3 is 0 Å². The Morgan fingerprint density at radius 1 is 1.37 bits per heavy atom. The van der Waals surface area contributed by atoms with Crippen LogP contribution in [0.4, 0.5) is 5.82 Å². The second kappa shape index (κ2) is 6.47. The molecular weight excluding hydrogens is 466 g/mol. The number of hydrogen-bond acceptors (Lipinski definition) is 3. The molecule has 0 atom stereocenters. The third-order valence-corrected chi connectivity index (χ3v) is 3.06. The molecule has 1 fully saturated rings. The van der Waals surface area contributed by atoms with E-state index in [1.165, 1.54) is 0 Å². The first-order chi connectivity index (χ1) is 8.88. The molecule has 1 saturated heterocycles. The first-order valence-electron chi connectivity index (χ1n) is 6.07. The fourth-order valence-electron chi connectivity index (χ4n) is 2.13. The van der Waals surface area contributed by atoms with Crippen LogP contribution in [0.5, 0.6) is 0 Å². The fourth-order valence-corrected chi connectivity index (χ4v) is 2.13. The maximum absolute atomic E-state index is 4.68. The minimum Gasteiger partial charge on any atom is -0.431 e. The predicted molar refractivity (Wildman–Crippen MR) is 70.8 cm³/mol. The third-order valence-electron chi connectivity index (χ3n) is 3.06. The normalized spacial score (nSPS) is 15.1. The number of ether oxygens (including phenoxy) is 1. The van der Waals surface area contributed by atoms with Gasteiger partial charge in [-0.2, -0.15) is 12.7 Å². The SMILES string of the molecule is C=C[CH-]c1cnn2ccc(N3CC[OH+]CC3)nc12.[U]. The van der Waals surface area contributed by atoms with E-state index in [0.29, 0.717) is 0 Å². The zero-order chi connectivity index (χ0) is 12.4. The van der Waals surface area contributed by atoms with Crippen LogP contribution in [0.1, 0.15) is 5.56 Å². The van der Waals surface area contributed by atoms with E-state index in [9.17, 15) is 0 Å². The van der Waals surface area contributed by atoms with Gasteiger partial charge in [0, 0.05) is 37.3 Å². The molecule has 0 spiro atoms. The summed E-state index contributed by atoms with van der Waals surface area (Å²) in [5, 5.41) is 4.26. The Morgan fingerprint density at radius 2 is 2.16 bits per heavy atom. The van der Waals surface area contributed by atoms with Crippen LogP contribution in [0.25, 0.3) is 5.65 Å². The number of hydrogen-bond donors (Lipinski definition) is 0. The quantitative estimate of drug-likeness (QED) is 0.481. The Labute approximate surface area is 136 Å². The van der Waals surface area contributed by atoms with Crippen molar-refractivity contribution in [3.05, 3.63) is 43.1 Å². The molecule has 3 heterocycles. The molecule has 6 heteroatoms. The van der Waals surface area contributed by atoms with Crippen molar-refractivity contribution in [2.24, 2.45) is 0 Å². The average molecular weight is 482 g/mol. The molecule has 2 aromatic heterocycles. The Kier molecular flexibility index (Phi) is 4.92. The Bertz CT molecular complexity index is 563. The van der Waals surface area contributed by atoms with Crippen LogP contribution in [-0.4, -0.2) is 45.6 Å². The van der Waals surface area contributed by atoms with E-state index >= 15 is 0 Å². The average Bonchev–Trinajstić information content (AvgIpc) is 2.83. The van der Waals surface area contributed by atoms with Gasteiger partial charge in [-0.3, -0.25) is 9.50 Å². The first-order valence-corrected chi connectivity index (χ1v) is 6.07. The summed E-state index contributed by atoms with van der Waals surface area (Å²) in [6.45, 7) is 7.37. The summed E-state index contributed by atoms with van der Waals surface area (Å²) in [6, 6.07) is 2.00. The zero-order valence-electron chi connectivity index (χ0n) is 10.7. The Hall–Kier alpha value is -0.958. The Morgan fingerprint density at radius 3 is 2.89 bits per heavy atom. The molecule has 1 N–H and O–H groups in total. The number of morpholine rings is 1. The molecule has 98 valence electrons. The standard InChI is InChI=1S/C13H15N4O.U/c1-2-3-11-10-14-17-5-4-12(15-13(11)17)16-6-8-18-9-7-16;/h2-5,10H,1,6-9H2;/q-1;/p+1. The largest absolute Gasteiger partial charge is 0.431 e. The fraction of sp³-hybridized carbons (Fsp3) is 0.308. The minimum absolute atomic E-state index is 0. The van der Waals surface area contributed by atoms with Crippen molar-refractivity contribution in [3.8, 4) is 0 Å². The maximum atomic E-state index is 4.68. The molecule has 0 bridgehead atoms. The van der Waals surface area contributed by atoms with E-state index in [1.54, 1.807) is 16.8 Å². The topological polar surface area (TPSA) is 46.2 Å². The van der Waals surface area contributed by atoms with Gasteiger partial charge < -0.3 is 9.64 Å². The van der Waals surface area contributed by atoms with Gasteiger partial charge in [-0.25, -0.2) is 5.10 Å². The smallest absolute Gasteiger partial charge is 0.162 e. The number of fused-ring (bicyclic) bond motifs is 1. The third kappa shape index (κ3) is 2.97. The van der Waals surface area contributed by atoms with Gasteiger partial charge in [0.1, 0.15) is 5.82 Å². The molecule has 0 radical (unpaired) electrons. The summed E-state index contributed by atoms with van der Waals surface area (Å²) in [7, 11) is 0. The molecular formula is C13H16N4OU. The summed E-state index contributed by atoms with van der Waals surface area (Å²) in [4.78, 5) is 6.94. The van der Waals surface area contributed by atoms with Crippen LogP contribution in [0.2, 0.25) is 0 Å². The number of rotatable bonds is 3. The van der Waals surface area contributed by atoms with E-state index in [1.807, 2.05) is 18.7 Å². The van der Waals surface area contributed by atoms with Gasteiger partial charge in [0.25, 0.3) is 0 Å². The molecule has 5 nitrogen and oxygen atoms in total. The van der Waals surface area contributed by atoms with E-state index in [-0.39, 0.29) is 31.1 Å². The number of nitrogens with zero attached hydrogens (tertiary/aromatic N) is 4. The van der Waals surface area contributed by atoms with Gasteiger partial charge in [-0.1, -0.05) is 5.56 Å². The van der Waals surface area contributed by atoms with Gasteiger partial charge in [0.2, 0.25) is 0 Å². The molecule has 0 saturated carbocycles. The molecule has 0 unspecified atom stereocenters. The Balaban J connectivity index is 0.00000133. The van der Waals surface area contributed by atoms with Crippen molar-refractivity contribution >= 4 is 11.5 Å². The van der Waals surface area contributed by atoms with Gasteiger partial charge in [0.15, 0.2) is 13.2 Å². The summed E-state index contributed by atoms with van der Waals surface area (Å²) >= 11 is 0. The van der Waals surface area contributed by atoms with Crippen molar-refractivity contribution in [1.82, 2.24) is 14.6 Å². The number of allylic oxidation sites excluding steroid dienone is 1. The van der Waals surface area contributed by atoms with Gasteiger partial charge in [0.05, 0.1) is 18.7 Å². The zero-order valence-corrected chi connectivity index (χ0v) is 14.8. The minimum atomic E-state index is 0. The second-order valence-electron chi connectivity index (χ2n) is 4.21. The number of aliphatic hydroxyl groups is 2. The molecule has 1 aliphatic rings. The molecule has 0 aromatic carbocycles. The van der Waals surface area contributed by atoms with E-state index < -0.39 is 0 Å². The van der Waals surface area contributed by atoms with Gasteiger partial charge in [-0.15, -0.1) is 6.42 Å². The molecule has 1 aliphatic heterocycles. The summed E-state index contributed by atoms with van der Waals surface area (Å²) in [6.07, 6.45) is 7.43. The number of aromatic nitrogens is 3. The summed E-state index contributed by atoms with van der Waals surface area (Å²) in [5.74, 6) is 0.997. The molecule has 2 aromatic rings. The van der Waals surface area contributed by atoms with E-state index in [4.69, 9.17) is 0 Å². The van der Waals surface area contributed by atoms with Crippen molar-refractivity contribution in [2.75, 3.05) is 31.2 Å². The van der Waals surface area contributed by atoms with Crippen LogP contribution in [0, 0.1) is 37.5 Å². The maximum Gasteiger partial charge on any atom is 0.162 e. The number of anilines is 1. The molecule has 19 heavy (non-hydrogen) atoms. The van der Waals surface area contributed by atoms with Crippen molar-refractivity contribution in [3.63, 3.8) is 0 Å². The summed E-state index contributed by atoms with van der Waals surface area (Å²) < 4.78 is 6.13. The predicted octanol–water partition coefficient (Wildman–Crippen LogP) is 0.816. The monoisotopic (exact) mass is 482 g/mol. The van der Waals surface area contributed by atoms with Crippen LogP contribution < -0.4 is 4.90 Å². The van der Waals surface area contributed by atoms with E-state index in [0.717, 1.165) is 43.3 Å². The van der Waals surface area contributed by atoms with Crippen LogP contribution in [0.3, 0.4) is 0 Å². The van der Waals surface area contributed by atoms with Crippen LogP contribution in [-0.2, 0) is 0 Å². The van der Waals surface area contributed by atoms with Crippen LogP contribution in [0.15, 0.2) is 31.1 Å². The molecule has 3 rings (SSSR count). The van der Waals surface area contributed by atoms with Crippen molar-refractivity contribution in [1.29, 1.82) is 0 Å².